The summed E-state index contributed by atoms with van der Waals surface area (Å²) < 4.78 is 18.2. The van der Waals surface area contributed by atoms with Crippen molar-refractivity contribution >= 4 is 0 Å². The minimum absolute atomic E-state index is 0.164. The summed E-state index contributed by atoms with van der Waals surface area (Å²) >= 11 is 0. The van der Waals surface area contributed by atoms with Gasteiger partial charge in [0.25, 0.3) is 0 Å². The van der Waals surface area contributed by atoms with Crippen molar-refractivity contribution < 1.29 is 19.3 Å². The Balaban J connectivity index is 1.59. The third-order valence-corrected chi connectivity index (χ3v) is 6.96. The van der Waals surface area contributed by atoms with Crippen LogP contribution in [0.2, 0.25) is 0 Å². The van der Waals surface area contributed by atoms with Gasteiger partial charge < -0.3 is 19.3 Å². The maximum absolute atomic E-state index is 10.3. The van der Waals surface area contributed by atoms with Crippen LogP contribution in [0, 0.1) is 23.2 Å². The average Bonchev–Trinajstić information content (AvgIpc) is 2.82. The standard InChI is InChI=1S/C17H26O4/c1-15(2)20-13-14(18)19-9-17(13,21-15)16-6-10-3-11(7-16)5-12(4-10)8-16/h10-14,18H,3-9H2,1-2H3/t10?,11?,12?,13-,14?,16?,17+/m1/s1. The van der Waals surface area contributed by atoms with E-state index in [2.05, 4.69) is 0 Å². The lowest BCUT2D eigenvalue weighted by Gasteiger charge is -2.62. The number of aliphatic hydroxyl groups excluding tert-OH is 1. The van der Waals surface area contributed by atoms with Gasteiger partial charge >= 0.3 is 0 Å². The van der Waals surface area contributed by atoms with E-state index in [0.29, 0.717) is 6.61 Å². The van der Waals surface area contributed by atoms with Gasteiger partial charge in [0.05, 0.1) is 6.61 Å². The first-order chi connectivity index (χ1) is 9.91. The summed E-state index contributed by atoms with van der Waals surface area (Å²) in [5.74, 6) is 1.96. The summed E-state index contributed by atoms with van der Waals surface area (Å²) in [6.07, 6.45) is 6.80. The number of hydrogen-bond donors (Lipinski definition) is 1. The molecule has 4 aliphatic carbocycles. The Morgan fingerprint density at radius 2 is 1.52 bits per heavy atom. The van der Waals surface area contributed by atoms with Crippen LogP contribution in [0.25, 0.3) is 0 Å². The summed E-state index contributed by atoms with van der Waals surface area (Å²) in [7, 11) is 0. The highest BCUT2D eigenvalue weighted by Crippen LogP contribution is 2.68. The van der Waals surface area contributed by atoms with Crippen molar-refractivity contribution in [1.82, 2.24) is 0 Å². The minimum Gasteiger partial charge on any atom is -0.366 e. The highest BCUT2D eigenvalue weighted by Gasteiger charge is 2.72. The first-order valence-electron chi connectivity index (χ1n) is 8.59. The molecule has 2 heterocycles. The number of fused-ring (bicyclic) bond motifs is 1. The third kappa shape index (κ3) is 1.60. The molecule has 0 amide bonds. The normalized spacial score (nSPS) is 60.4. The Hall–Kier alpha value is -0.160. The van der Waals surface area contributed by atoms with Gasteiger partial charge in [-0.1, -0.05) is 0 Å². The summed E-state index contributed by atoms with van der Waals surface area (Å²) in [5, 5.41) is 10.3. The molecule has 0 aromatic carbocycles. The first kappa shape index (κ1) is 13.3. The minimum atomic E-state index is -0.834. The lowest BCUT2D eigenvalue weighted by molar-refractivity contribution is -0.243. The van der Waals surface area contributed by atoms with Gasteiger partial charge in [0, 0.05) is 5.41 Å². The Morgan fingerprint density at radius 3 is 2.10 bits per heavy atom. The van der Waals surface area contributed by atoms with Crippen LogP contribution >= 0.6 is 0 Å². The number of rotatable bonds is 1. The van der Waals surface area contributed by atoms with Crippen molar-refractivity contribution in [2.45, 2.75) is 76.2 Å². The highest BCUT2D eigenvalue weighted by atomic mass is 16.8. The van der Waals surface area contributed by atoms with E-state index < -0.39 is 17.7 Å². The van der Waals surface area contributed by atoms with Crippen molar-refractivity contribution in [1.29, 1.82) is 0 Å². The van der Waals surface area contributed by atoms with Gasteiger partial charge in [0.2, 0.25) is 0 Å². The second kappa shape index (κ2) is 3.84. The van der Waals surface area contributed by atoms with Gasteiger partial charge in [0.1, 0.15) is 11.7 Å². The van der Waals surface area contributed by atoms with Crippen LogP contribution in [0.1, 0.15) is 52.4 Å². The zero-order chi connectivity index (χ0) is 14.5. The van der Waals surface area contributed by atoms with Crippen LogP contribution in [0.4, 0.5) is 0 Å². The van der Waals surface area contributed by atoms with E-state index in [4.69, 9.17) is 14.2 Å². The Morgan fingerprint density at radius 1 is 0.952 bits per heavy atom. The first-order valence-corrected chi connectivity index (χ1v) is 8.59. The Kier molecular flexibility index (Phi) is 2.43. The van der Waals surface area contributed by atoms with Gasteiger partial charge in [-0.3, -0.25) is 0 Å². The molecule has 0 radical (unpaired) electrons. The quantitative estimate of drug-likeness (QED) is 0.807. The van der Waals surface area contributed by atoms with Crippen molar-refractivity contribution in [2.24, 2.45) is 23.2 Å². The third-order valence-electron chi connectivity index (χ3n) is 6.96. The second-order valence-electron chi connectivity index (χ2n) is 8.83. The van der Waals surface area contributed by atoms with Crippen molar-refractivity contribution in [3.63, 3.8) is 0 Å². The fourth-order valence-electron chi connectivity index (χ4n) is 6.81. The van der Waals surface area contributed by atoms with Gasteiger partial charge in [-0.05, 0) is 70.1 Å². The molecule has 0 spiro atoms. The van der Waals surface area contributed by atoms with Gasteiger partial charge in [-0.15, -0.1) is 0 Å². The van der Waals surface area contributed by atoms with Crippen LogP contribution in [0.3, 0.4) is 0 Å². The Bertz CT molecular complexity index is 438. The molecule has 118 valence electrons. The van der Waals surface area contributed by atoms with E-state index in [1.807, 2.05) is 13.8 Å². The lowest BCUT2D eigenvalue weighted by atomic mass is 9.45. The van der Waals surface area contributed by atoms with E-state index in [0.717, 1.165) is 17.8 Å². The molecular formula is C17H26O4. The van der Waals surface area contributed by atoms with Gasteiger partial charge in [-0.2, -0.15) is 0 Å². The van der Waals surface area contributed by atoms with Crippen molar-refractivity contribution in [3.8, 4) is 0 Å². The number of ether oxygens (including phenoxy) is 3. The zero-order valence-corrected chi connectivity index (χ0v) is 13.0. The average molecular weight is 294 g/mol. The zero-order valence-electron chi connectivity index (χ0n) is 13.0. The fourth-order valence-corrected chi connectivity index (χ4v) is 6.81. The molecule has 0 aromatic rings. The molecule has 2 saturated heterocycles. The lowest BCUT2D eigenvalue weighted by Crippen LogP contribution is -2.63. The number of aliphatic hydroxyl groups is 1. The van der Waals surface area contributed by atoms with Gasteiger partial charge in [-0.25, -0.2) is 0 Å². The predicted molar refractivity (Wildman–Crippen MR) is 75.3 cm³/mol. The molecule has 3 atom stereocenters. The second-order valence-corrected chi connectivity index (χ2v) is 8.83. The van der Waals surface area contributed by atoms with E-state index in [1.165, 1.54) is 38.5 Å². The molecular weight excluding hydrogens is 268 g/mol. The molecule has 6 rings (SSSR count). The topological polar surface area (TPSA) is 47.9 Å². The molecule has 6 aliphatic rings. The molecule has 21 heavy (non-hydrogen) atoms. The Labute approximate surface area is 126 Å². The number of hydrogen-bond acceptors (Lipinski definition) is 4. The smallest absolute Gasteiger partial charge is 0.184 e. The molecule has 4 nitrogen and oxygen atoms in total. The predicted octanol–water partition coefficient (Wildman–Crippen LogP) is 2.44. The van der Waals surface area contributed by atoms with Crippen molar-refractivity contribution in [2.75, 3.05) is 6.61 Å². The molecule has 4 saturated carbocycles. The molecule has 6 fully saturated rings. The van der Waals surface area contributed by atoms with E-state index in [-0.39, 0.29) is 11.5 Å². The van der Waals surface area contributed by atoms with E-state index >= 15 is 0 Å². The van der Waals surface area contributed by atoms with Crippen LogP contribution in [0.15, 0.2) is 0 Å². The molecule has 0 aromatic heterocycles. The largest absolute Gasteiger partial charge is 0.366 e. The van der Waals surface area contributed by atoms with Crippen LogP contribution in [0.5, 0.6) is 0 Å². The van der Waals surface area contributed by atoms with Crippen LogP contribution in [-0.2, 0) is 14.2 Å². The van der Waals surface area contributed by atoms with Crippen LogP contribution < -0.4 is 0 Å². The molecule has 1 unspecified atom stereocenters. The maximum atomic E-state index is 10.3. The summed E-state index contributed by atoms with van der Waals surface area (Å²) in [4.78, 5) is 0. The monoisotopic (exact) mass is 294 g/mol. The summed E-state index contributed by atoms with van der Waals surface area (Å²) in [5.41, 5.74) is -0.260. The maximum Gasteiger partial charge on any atom is 0.184 e. The van der Waals surface area contributed by atoms with Gasteiger partial charge in [0.15, 0.2) is 12.1 Å². The molecule has 4 bridgehead atoms. The SMILES string of the molecule is CC1(C)O[C@@H]2C(O)OC[C@]2(C23CC4CC(CC(C4)C2)C3)O1. The highest BCUT2D eigenvalue weighted by molar-refractivity contribution is 5.18. The summed E-state index contributed by atoms with van der Waals surface area (Å²) in [6.45, 7) is 4.44. The van der Waals surface area contributed by atoms with E-state index in [9.17, 15) is 5.11 Å². The molecule has 4 heteroatoms. The molecule has 2 aliphatic heterocycles. The van der Waals surface area contributed by atoms with Crippen LogP contribution in [-0.4, -0.2) is 35.5 Å². The molecule has 1 N–H and O–H groups in total. The summed E-state index contributed by atoms with van der Waals surface area (Å²) in [6, 6.07) is 0. The van der Waals surface area contributed by atoms with E-state index in [1.54, 1.807) is 0 Å². The fraction of sp³-hybridized carbons (Fsp3) is 1.00. The van der Waals surface area contributed by atoms with Crippen molar-refractivity contribution in [3.05, 3.63) is 0 Å².